The maximum Gasteiger partial charge on any atom is 0.519 e. The topological polar surface area (TPSA) is 149 Å². The molecule has 2 bridgehead atoms. The van der Waals surface area contributed by atoms with E-state index in [1.165, 1.54) is 17.5 Å². The third kappa shape index (κ3) is 6.45. The molecule has 3 fully saturated rings. The van der Waals surface area contributed by atoms with Gasteiger partial charge in [-0.25, -0.2) is 29.1 Å². The van der Waals surface area contributed by atoms with Crippen LogP contribution in [-0.4, -0.2) is 41.6 Å². The molecule has 0 aliphatic heterocycles. The zero-order valence-corrected chi connectivity index (χ0v) is 34.4. The Morgan fingerprint density at radius 1 is 0.934 bits per heavy atom. The second kappa shape index (κ2) is 15.2. The number of carbonyl (C=O) groups is 1. The van der Waals surface area contributed by atoms with E-state index in [0.29, 0.717) is 58.8 Å². The van der Waals surface area contributed by atoms with Crippen LogP contribution in [-0.2, 0) is 16.8 Å². The van der Waals surface area contributed by atoms with Gasteiger partial charge in [0.15, 0.2) is 23.1 Å². The van der Waals surface area contributed by atoms with Crippen LogP contribution >= 0.6 is 22.9 Å². The van der Waals surface area contributed by atoms with Gasteiger partial charge in [0, 0.05) is 18.7 Å². The first-order valence-electron chi connectivity index (χ1n) is 20.1. The molecule has 0 unspecified atom stereocenters. The second-order valence-corrected chi connectivity index (χ2v) is 17.3. The highest BCUT2D eigenvalue weighted by molar-refractivity contribution is 7.13. The molecule has 61 heavy (non-hydrogen) atoms. The first kappa shape index (κ1) is 38.7. The third-order valence-electron chi connectivity index (χ3n) is 12.7. The number of aromatic nitrogens is 5. The molecule has 3 aliphatic carbocycles. The average Bonchev–Trinajstić information content (AvgIpc) is 4.02. The Balaban J connectivity index is 1.18. The number of anilines is 1. The molecule has 3 saturated carbocycles. The van der Waals surface area contributed by atoms with Gasteiger partial charge in [-0.15, -0.1) is 11.3 Å². The summed E-state index contributed by atoms with van der Waals surface area (Å²) in [6.45, 7) is 1.64. The standard InChI is InChI=1S/C47H38ClFN6O5S/c1-27-33(60-45(58)59-27)24-46-21-19-28(20-22-46)38(36(46)44(56)57)52-42-37(49)40(34-18-11-23-61-34)53-41(54-42)32-26-55(43-39(32)51-35(48)25-50-43)47(29-12-5-2-6-13-29,30-14-7-3-8-15-30)31-16-9-4-10-17-31/h2-18,23,25-26,28,36,38H,19-22,24H2,1H3,(H,56,57)(H,52,53,54)/t28?,36-,38-,46?/m0/s1. The van der Waals surface area contributed by atoms with Crippen molar-refractivity contribution in [3.05, 3.63) is 171 Å². The lowest BCUT2D eigenvalue weighted by atomic mass is 9.51. The summed E-state index contributed by atoms with van der Waals surface area (Å²) in [4.78, 5) is 45.5. The highest BCUT2D eigenvalue weighted by atomic mass is 35.5. The fourth-order valence-electron chi connectivity index (χ4n) is 10.0. The van der Waals surface area contributed by atoms with Gasteiger partial charge in [0.05, 0.1) is 22.6 Å². The molecule has 0 saturated heterocycles. The van der Waals surface area contributed by atoms with Gasteiger partial charge in [0.1, 0.15) is 33.4 Å². The minimum absolute atomic E-state index is 0.0529. The number of nitrogens with one attached hydrogen (secondary N) is 1. The van der Waals surface area contributed by atoms with E-state index >= 15 is 4.39 Å². The Morgan fingerprint density at radius 3 is 2.13 bits per heavy atom. The largest absolute Gasteiger partial charge is 0.519 e. The maximum absolute atomic E-state index is 17.1. The van der Waals surface area contributed by atoms with Gasteiger partial charge < -0.3 is 23.8 Å². The number of hydrogen-bond acceptors (Lipinski definition) is 10. The van der Waals surface area contributed by atoms with E-state index in [4.69, 9.17) is 40.4 Å². The molecule has 11 nitrogen and oxygen atoms in total. The van der Waals surface area contributed by atoms with Crippen LogP contribution in [0.2, 0.25) is 5.15 Å². The van der Waals surface area contributed by atoms with Gasteiger partial charge in [0.25, 0.3) is 0 Å². The first-order valence-corrected chi connectivity index (χ1v) is 21.3. The van der Waals surface area contributed by atoms with Gasteiger partial charge in [0.2, 0.25) is 0 Å². The van der Waals surface area contributed by atoms with Crippen molar-refractivity contribution in [2.45, 2.75) is 50.6 Å². The highest BCUT2D eigenvalue weighted by Gasteiger charge is 2.57. The minimum atomic E-state index is -1.02. The number of aliphatic carboxylic acids is 1. The SMILES string of the molecule is Cc1oc(=O)oc1CC12CCC(CC1)[C@H](Nc1nc(-c3cn(C(c4ccccc4)(c4ccccc4)c4ccccc4)c4ncc(Cl)nc34)nc(-c3cccs3)c1F)[C@H]2C(=O)O. The second-order valence-electron chi connectivity index (χ2n) is 15.9. The predicted octanol–water partition coefficient (Wildman–Crippen LogP) is 10.0. The molecular weight excluding hydrogens is 815 g/mol. The van der Waals surface area contributed by atoms with E-state index in [2.05, 4.69) is 46.3 Å². The van der Waals surface area contributed by atoms with Crippen LogP contribution in [0.3, 0.4) is 0 Å². The molecule has 8 aromatic rings. The Labute approximate surface area is 357 Å². The van der Waals surface area contributed by atoms with Crippen LogP contribution in [0.5, 0.6) is 0 Å². The summed E-state index contributed by atoms with van der Waals surface area (Å²) in [6, 6.07) is 33.3. The number of fused-ring (bicyclic) bond motifs is 4. The predicted molar refractivity (Wildman–Crippen MR) is 230 cm³/mol. The molecule has 2 atom stereocenters. The lowest BCUT2D eigenvalue weighted by molar-refractivity contribution is -0.155. The first-order chi connectivity index (χ1) is 29.7. The number of thiophene rings is 1. The summed E-state index contributed by atoms with van der Waals surface area (Å²) in [5.74, 6) is -2.93. The zero-order valence-electron chi connectivity index (χ0n) is 32.8. The molecule has 3 aliphatic rings. The number of rotatable bonds is 11. The van der Waals surface area contributed by atoms with Crippen molar-refractivity contribution < 1.29 is 23.1 Å². The van der Waals surface area contributed by atoms with Crippen molar-refractivity contribution in [3.63, 3.8) is 0 Å². The molecule has 306 valence electrons. The van der Waals surface area contributed by atoms with E-state index in [-0.39, 0.29) is 34.8 Å². The summed E-state index contributed by atoms with van der Waals surface area (Å²) < 4.78 is 29.8. The lowest BCUT2D eigenvalue weighted by Crippen LogP contribution is -2.58. The summed E-state index contributed by atoms with van der Waals surface area (Å²) in [5, 5.41) is 16.3. The fraction of sp³-hybridized carbons (Fsp3) is 0.234. The zero-order chi connectivity index (χ0) is 41.9. The van der Waals surface area contributed by atoms with Crippen molar-refractivity contribution in [1.82, 2.24) is 24.5 Å². The average molecular weight is 853 g/mol. The number of carboxylic acid groups (broad SMARTS) is 1. The van der Waals surface area contributed by atoms with E-state index in [1.807, 2.05) is 72.2 Å². The molecular formula is C47H38ClFN6O5S. The number of aryl methyl sites for hydroxylation is 1. The molecule has 0 spiro atoms. The van der Waals surface area contributed by atoms with Crippen molar-refractivity contribution in [3.8, 4) is 22.0 Å². The van der Waals surface area contributed by atoms with Gasteiger partial charge in [-0.3, -0.25) is 4.79 Å². The lowest BCUT2D eigenvalue weighted by Gasteiger charge is -2.54. The smallest absolute Gasteiger partial charge is 0.481 e. The number of carboxylic acids is 1. The van der Waals surface area contributed by atoms with Crippen LogP contribution in [0.4, 0.5) is 10.2 Å². The van der Waals surface area contributed by atoms with Crippen molar-refractivity contribution in [2.24, 2.45) is 17.3 Å². The van der Waals surface area contributed by atoms with Crippen molar-refractivity contribution >= 4 is 45.9 Å². The highest BCUT2D eigenvalue weighted by Crippen LogP contribution is 2.57. The van der Waals surface area contributed by atoms with Crippen LogP contribution in [0, 0.1) is 30.0 Å². The minimum Gasteiger partial charge on any atom is -0.481 e. The van der Waals surface area contributed by atoms with Gasteiger partial charge in [-0.05, 0) is 72.1 Å². The van der Waals surface area contributed by atoms with E-state index < -0.39 is 40.5 Å². The van der Waals surface area contributed by atoms with Gasteiger partial charge in [-0.1, -0.05) is 109 Å². The number of nitrogens with zero attached hydrogens (tertiary/aromatic N) is 5. The molecule has 0 amide bonds. The summed E-state index contributed by atoms with van der Waals surface area (Å²) in [6.07, 6.45) is 6.21. The Morgan fingerprint density at radius 2 is 1.57 bits per heavy atom. The van der Waals surface area contributed by atoms with Crippen LogP contribution < -0.4 is 11.1 Å². The quantitative estimate of drug-likeness (QED) is 0.120. The Kier molecular flexibility index (Phi) is 9.67. The van der Waals surface area contributed by atoms with E-state index in [0.717, 1.165) is 16.7 Å². The normalized spacial score (nSPS) is 20.0. The summed E-state index contributed by atoms with van der Waals surface area (Å²) in [5.41, 5.74) is 2.43. The van der Waals surface area contributed by atoms with E-state index in [1.54, 1.807) is 13.0 Å². The number of halogens is 2. The third-order valence-corrected chi connectivity index (χ3v) is 13.8. The molecule has 2 N–H and O–H groups in total. The Hall–Kier alpha value is -6.44. The van der Waals surface area contributed by atoms with E-state index in [9.17, 15) is 14.7 Å². The summed E-state index contributed by atoms with van der Waals surface area (Å²) in [7, 11) is 0. The van der Waals surface area contributed by atoms with Gasteiger partial charge in [-0.2, -0.15) is 0 Å². The Bertz CT molecular complexity index is 2850. The molecule has 3 aromatic carbocycles. The molecule has 5 aromatic heterocycles. The molecule has 11 rings (SSSR count). The fourth-order valence-corrected chi connectivity index (χ4v) is 10.9. The van der Waals surface area contributed by atoms with Crippen LogP contribution in [0.1, 0.15) is 53.9 Å². The van der Waals surface area contributed by atoms with Crippen LogP contribution in [0.15, 0.2) is 135 Å². The van der Waals surface area contributed by atoms with Crippen molar-refractivity contribution in [1.29, 1.82) is 0 Å². The van der Waals surface area contributed by atoms with Crippen molar-refractivity contribution in [2.75, 3.05) is 5.32 Å². The molecule has 14 heteroatoms. The summed E-state index contributed by atoms with van der Waals surface area (Å²) >= 11 is 7.96. The van der Waals surface area contributed by atoms with Gasteiger partial charge >= 0.3 is 11.8 Å². The number of hydrogen-bond donors (Lipinski definition) is 2. The monoisotopic (exact) mass is 852 g/mol. The molecule has 0 radical (unpaired) electrons. The molecule has 5 heterocycles. The number of benzene rings is 3. The maximum atomic E-state index is 17.1. The van der Waals surface area contributed by atoms with Crippen LogP contribution in [0.25, 0.3) is 33.1 Å².